The lowest BCUT2D eigenvalue weighted by molar-refractivity contribution is 0.153. The average molecular weight is 158 g/mol. The predicted octanol–water partition coefficient (Wildman–Crippen LogP) is 0.334. The number of hydrogen-bond donors (Lipinski definition) is 2. The number of hydrogen-bond acceptors (Lipinski definition) is 2. The molecule has 0 aromatic heterocycles. The van der Waals surface area contributed by atoms with Gasteiger partial charge in [0.1, 0.15) is 0 Å². The van der Waals surface area contributed by atoms with Gasteiger partial charge in [-0.15, -0.1) is 0 Å². The maximum atomic E-state index is 10.5. The van der Waals surface area contributed by atoms with Gasteiger partial charge in [0.15, 0.2) is 0 Å². The highest BCUT2D eigenvalue weighted by molar-refractivity contribution is 5.65. The highest BCUT2D eigenvalue weighted by atomic mass is 16.4. The summed E-state index contributed by atoms with van der Waals surface area (Å²) in [6.45, 7) is 3.17. The van der Waals surface area contributed by atoms with Gasteiger partial charge >= 0.3 is 6.09 Å². The molecule has 1 aliphatic rings. The van der Waals surface area contributed by atoms with E-state index in [0.717, 1.165) is 6.42 Å². The standard InChI is InChI=1S/C7H14N2O2/c1-5(8)6-2-3-9(4-6)7(10)11/h5-6H,2-4,8H2,1H3,(H,10,11). The second-order valence-electron chi connectivity index (χ2n) is 3.14. The highest BCUT2D eigenvalue weighted by Gasteiger charge is 2.27. The lowest BCUT2D eigenvalue weighted by Crippen LogP contribution is -2.32. The molecule has 0 spiro atoms. The van der Waals surface area contributed by atoms with E-state index in [2.05, 4.69) is 0 Å². The van der Waals surface area contributed by atoms with Crippen molar-refractivity contribution in [3.8, 4) is 0 Å². The van der Waals surface area contributed by atoms with Crippen LogP contribution in [0.4, 0.5) is 4.79 Å². The summed E-state index contributed by atoms with van der Waals surface area (Å²) >= 11 is 0. The number of nitrogens with two attached hydrogens (primary N) is 1. The number of amides is 1. The number of carboxylic acid groups (broad SMARTS) is 1. The Morgan fingerprint density at radius 1 is 1.82 bits per heavy atom. The summed E-state index contributed by atoms with van der Waals surface area (Å²) in [5, 5.41) is 8.60. The number of nitrogens with zero attached hydrogens (tertiary/aromatic N) is 1. The smallest absolute Gasteiger partial charge is 0.407 e. The van der Waals surface area contributed by atoms with Crippen molar-refractivity contribution in [1.29, 1.82) is 0 Å². The highest BCUT2D eigenvalue weighted by Crippen LogP contribution is 2.17. The molecule has 0 bridgehead atoms. The van der Waals surface area contributed by atoms with Gasteiger partial charge in [0.25, 0.3) is 0 Å². The topological polar surface area (TPSA) is 66.6 Å². The van der Waals surface area contributed by atoms with Crippen LogP contribution in [-0.2, 0) is 0 Å². The lowest BCUT2D eigenvalue weighted by atomic mass is 10.0. The second-order valence-corrected chi connectivity index (χ2v) is 3.14. The summed E-state index contributed by atoms with van der Waals surface area (Å²) in [4.78, 5) is 11.9. The van der Waals surface area contributed by atoms with Crippen LogP contribution in [0.2, 0.25) is 0 Å². The third-order valence-corrected chi connectivity index (χ3v) is 2.24. The molecule has 1 amide bonds. The first-order valence-corrected chi connectivity index (χ1v) is 3.84. The van der Waals surface area contributed by atoms with E-state index in [0.29, 0.717) is 19.0 Å². The molecular weight excluding hydrogens is 144 g/mol. The number of rotatable bonds is 1. The van der Waals surface area contributed by atoms with Gasteiger partial charge in [-0.25, -0.2) is 4.79 Å². The van der Waals surface area contributed by atoms with Crippen molar-refractivity contribution in [3.63, 3.8) is 0 Å². The molecule has 4 heteroatoms. The maximum absolute atomic E-state index is 10.5. The molecule has 1 rings (SSSR count). The van der Waals surface area contributed by atoms with Crippen LogP contribution in [0.1, 0.15) is 13.3 Å². The summed E-state index contributed by atoms with van der Waals surface area (Å²) in [5.41, 5.74) is 5.64. The molecule has 0 aromatic carbocycles. The third kappa shape index (κ3) is 1.83. The first-order chi connectivity index (χ1) is 5.11. The molecule has 1 aliphatic heterocycles. The summed E-state index contributed by atoms with van der Waals surface area (Å²) in [5.74, 6) is 0.353. The van der Waals surface area contributed by atoms with Gasteiger partial charge < -0.3 is 15.7 Å². The Kier molecular flexibility index (Phi) is 2.34. The van der Waals surface area contributed by atoms with Crippen LogP contribution in [0.15, 0.2) is 0 Å². The molecule has 0 saturated carbocycles. The Balaban J connectivity index is 2.41. The summed E-state index contributed by atoms with van der Waals surface area (Å²) in [7, 11) is 0. The SMILES string of the molecule is CC(N)C1CCN(C(=O)O)C1. The van der Waals surface area contributed by atoms with Crippen molar-refractivity contribution >= 4 is 6.09 Å². The molecule has 1 heterocycles. The molecule has 11 heavy (non-hydrogen) atoms. The van der Waals surface area contributed by atoms with Crippen LogP contribution in [-0.4, -0.2) is 35.2 Å². The van der Waals surface area contributed by atoms with Crippen LogP contribution in [0.25, 0.3) is 0 Å². The van der Waals surface area contributed by atoms with Crippen LogP contribution < -0.4 is 5.73 Å². The zero-order chi connectivity index (χ0) is 8.43. The van der Waals surface area contributed by atoms with Gasteiger partial charge in [0.2, 0.25) is 0 Å². The Morgan fingerprint density at radius 3 is 2.73 bits per heavy atom. The monoisotopic (exact) mass is 158 g/mol. The normalized spacial score (nSPS) is 27.1. The van der Waals surface area contributed by atoms with Crippen LogP contribution in [0.3, 0.4) is 0 Å². The molecule has 0 aromatic rings. The fraction of sp³-hybridized carbons (Fsp3) is 0.857. The fourth-order valence-electron chi connectivity index (χ4n) is 1.39. The molecule has 1 fully saturated rings. The largest absolute Gasteiger partial charge is 0.465 e. The van der Waals surface area contributed by atoms with Crippen molar-refractivity contribution in [1.82, 2.24) is 4.90 Å². The first-order valence-electron chi connectivity index (χ1n) is 3.84. The van der Waals surface area contributed by atoms with Crippen molar-refractivity contribution in [2.75, 3.05) is 13.1 Å². The Morgan fingerprint density at radius 2 is 2.45 bits per heavy atom. The van der Waals surface area contributed by atoms with E-state index in [1.807, 2.05) is 6.92 Å². The van der Waals surface area contributed by atoms with Gasteiger partial charge in [-0.1, -0.05) is 0 Å². The summed E-state index contributed by atoms with van der Waals surface area (Å²) in [6.07, 6.45) is 0.0809. The zero-order valence-corrected chi connectivity index (χ0v) is 6.66. The second kappa shape index (κ2) is 3.09. The average Bonchev–Trinajstić information content (AvgIpc) is 2.33. The van der Waals surface area contributed by atoms with E-state index >= 15 is 0 Å². The van der Waals surface area contributed by atoms with Gasteiger partial charge in [-0.2, -0.15) is 0 Å². The minimum absolute atomic E-state index is 0.111. The van der Waals surface area contributed by atoms with E-state index in [1.54, 1.807) is 0 Å². The van der Waals surface area contributed by atoms with Crippen LogP contribution in [0.5, 0.6) is 0 Å². The van der Waals surface area contributed by atoms with Gasteiger partial charge in [-0.3, -0.25) is 0 Å². The fourth-order valence-corrected chi connectivity index (χ4v) is 1.39. The Bertz CT molecular complexity index is 159. The van der Waals surface area contributed by atoms with Crippen LogP contribution >= 0.6 is 0 Å². The molecule has 64 valence electrons. The van der Waals surface area contributed by atoms with Crippen molar-refractivity contribution in [3.05, 3.63) is 0 Å². The Hall–Kier alpha value is -0.770. The van der Waals surface area contributed by atoms with Gasteiger partial charge in [0.05, 0.1) is 0 Å². The molecule has 0 aliphatic carbocycles. The maximum Gasteiger partial charge on any atom is 0.407 e. The molecule has 2 unspecified atom stereocenters. The first kappa shape index (κ1) is 8.33. The van der Waals surface area contributed by atoms with Crippen molar-refractivity contribution in [2.24, 2.45) is 11.7 Å². The van der Waals surface area contributed by atoms with E-state index in [4.69, 9.17) is 10.8 Å². The van der Waals surface area contributed by atoms with E-state index in [1.165, 1.54) is 4.90 Å². The minimum Gasteiger partial charge on any atom is -0.465 e. The molecule has 3 N–H and O–H groups in total. The zero-order valence-electron chi connectivity index (χ0n) is 6.66. The quantitative estimate of drug-likeness (QED) is 0.578. The van der Waals surface area contributed by atoms with Gasteiger partial charge in [-0.05, 0) is 19.3 Å². The Labute approximate surface area is 66.0 Å². The van der Waals surface area contributed by atoms with Crippen molar-refractivity contribution < 1.29 is 9.90 Å². The van der Waals surface area contributed by atoms with Crippen molar-refractivity contribution in [2.45, 2.75) is 19.4 Å². The van der Waals surface area contributed by atoms with Crippen LogP contribution in [0, 0.1) is 5.92 Å². The van der Waals surface area contributed by atoms with E-state index in [9.17, 15) is 4.79 Å². The van der Waals surface area contributed by atoms with E-state index in [-0.39, 0.29) is 6.04 Å². The number of likely N-dealkylation sites (tertiary alicyclic amines) is 1. The summed E-state index contributed by atoms with van der Waals surface area (Å²) in [6, 6.07) is 0.111. The molecule has 4 nitrogen and oxygen atoms in total. The molecule has 1 saturated heterocycles. The minimum atomic E-state index is -0.826. The lowest BCUT2D eigenvalue weighted by Gasteiger charge is -2.14. The predicted molar refractivity (Wildman–Crippen MR) is 41.4 cm³/mol. The van der Waals surface area contributed by atoms with Gasteiger partial charge in [0, 0.05) is 19.1 Å². The van der Waals surface area contributed by atoms with E-state index < -0.39 is 6.09 Å². The third-order valence-electron chi connectivity index (χ3n) is 2.24. The molecule has 0 radical (unpaired) electrons. The number of carbonyl (C=O) groups is 1. The summed E-state index contributed by atoms with van der Waals surface area (Å²) < 4.78 is 0. The molecule has 2 atom stereocenters. The molecular formula is C7H14N2O2.